The lowest BCUT2D eigenvalue weighted by atomic mass is 10.1. The van der Waals surface area contributed by atoms with Gasteiger partial charge in [-0.05, 0) is 12.1 Å². The summed E-state index contributed by atoms with van der Waals surface area (Å²) in [7, 11) is -4.82. The van der Waals surface area contributed by atoms with E-state index in [9.17, 15) is 30.0 Å². The maximum atomic E-state index is 11.0. The number of aromatic hydroxyl groups is 1. The Labute approximate surface area is 194 Å². The number of hydrogen-bond acceptors (Lipinski definition) is 11. The van der Waals surface area contributed by atoms with Gasteiger partial charge in [0.2, 0.25) is 5.88 Å². The second kappa shape index (κ2) is 8.31. The average molecular weight is 508 g/mol. The number of nitro benzene ring substituents is 1. The molecular weight excluding hydrogens is 491 g/mol. The Morgan fingerprint density at radius 3 is 2.49 bits per heavy atom. The topological polar surface area (TPSA) is 228 Å². The Kier molecular flexibility index (Phi) is 5.52. The van der Waals surface area contributed by atoms with E-state index in [4.69, 9.17) is 14.5 Å². The number of imidazole rings is 2. The zero-order valence-corrected chi connectivity index (χ0v) is 18.3. The largest absolute Gasteiger partial charge is 0.493 e. The summed E-state index contributed by atoms with van der Waals surface area (Å²) in [6, 6.07) is 5.43. The smallest absolute Gasteiger partial charge is 0.469 e. The molecule has 4 aromatic rings. The molecule has 0 spiro atoms. The van der Waals surface area contributed by atoms with Crippen molar-refractivity contribution in [1.82, 2.24) is 23.9 Å². The molecule has 1 fully saturated rings. The Morgan fingerprint density at radius 1 is 1.11 bits per heavy atom. The number of non-ortho nitro benzene ring substituents is 1. The molecule has 5 rings (SSSR count). The van der Waals surface area contributed by atoms with Crippen molar-refractivity contribution in [2.45, 2.75) is 24.5 Å². The summed E-state index contributed by atoms with van der Waals surface area (Å²) in [6.45, 7) is -0.671. The highest BCUT2D eigenvalue weighted by Crippen LogP contribution is 2.39. The summed E-state index contributed by atoms with van der Waals surface area (Å²) < 4.78 is 23.4. The molecule has 4 atom stereocenters. The first kappa shape index (κ1) is 23.3. The average Bonchev–Trinajstić information content (AvgIpc) is 3.46. The predicted molar refractivity (Wildman–Crippen MR) is 114 cm³/mol. The van der Waals surface area contributed by atoms with Crippen molar-refractivity contribution in [1.29, 1.82) is 0 Å². The molecule has 0 saturated carbocycles. The van der Waals surface area contributed by atoms with Crippen LogP contribution in [0.25, 0.3) is 28.1 Å². The lowest BCUT2D eigenvalue weighted by Gasteiger charge is -2.16. The first-order valence-electron chi connectivity index (χ1n) is 9.94. The molecule has 4 heterocycles. The third kappa shape index (κ3) is 4.02. The maximum Gasteiger partial charge on any atom is 0.469 e. The highest BCUT2D eigenvalue weighted by atomic mass is 31.2. The molecular formula is C18H17N6O10P. The van der Waals surface area contributed by atoms with Crippen LogP contribution in [0.5, 0.6) is 5.88 Å². The lowest BCUT2D eigenvalue weighted by Crippen LogP contribution is -2.33. The van der Waals surface area contributed by atoms with E-state index in [1.165, 1.54) is 45.9 Å². The summed E-state index contributed by atoms with van der Waals surface area (Å²) in [5.74, 6) is -0.278. The van der Waals surface area contributed by atoms with E-state index >= 15 is 0 Å². The Morgan fingerprint density at radius 2 is 1.83 bits per heavy atom. The van der Waals surface area contributed by atoms with Gasteiger partial charge in [0, 0.05) is 17.7 Å². The zero-order chi connectivity index (χ0) is 25.1. The van der Waals surface area contributed by atoms with Crippen LogP contribution in [-0.2, 0) is 13.8 Å². The van der Waals surface area contributed by atoms with E-state index in [0.29, 0.717) is 5.56 Å². The summed E-state index contributed by atoms with van der Waals surface area (Å²) >= 11 is 0. The molecule has 17 heteroatoms. The van der Waals surface area contributed by atoms with Crippen LogP contribution in [0.4, 0.5) is 5.69 Å². The first-order chi connectivity index (χ1) is 16.5. The number of phosphoric ester groups is 1. The van der Waals surface area contributed by atoms with Gasteiger partial charge in [-0.1, -0.05) is 0 Å². The van der Waals surface area contributed by atoms with Crippen molar-refractivity contribution in [3.8, 4) is 17.1 Å². The molecule has 35 heavy (non-hydrogen) atoms. The number of fused-ring (bicyclic) bond motifs is 3. The van der Waals surface area contributed by atoms with Gasteiger partial charge in [-0.2, -0.15) is 0 Å². The van der Waals surface area contributed by atoms with Crippen LogP contribution in [0.15, 0.2) is 36.9 Å². The van der Waals surface area contributed by atoms with E-state index in [2.05, 4.69) is 19.5 Å². The molecule has 1 aliphatic rings. The summed E-state index contributed by atoms with van der Waals surface area (Å²) in [5.41, 5.74) is 0.985. The van der Waals surface area contributed by atoms with E-state index < -0.39 is 43.9 Å². The Balaban J connectivity index is 1.50. The molecule has 3 aromatic heterocycles. The number of phosphoric acid groups is 1. The SMILES string of the molecule is O=[N+]([O-])c1ccc(-c2nc3c4ncn([C@@H]5O[C@H](COP(=O)(O)O)[C@@H](O)[C@H]5O)c4ncn3c2O)cc1. The number of rotatable bonds is 6. The van der Waals surface area contributed by atoms with Gasteiger partial charge in [-0.3, -0.25) is 23.6 Å². The molecule has 0 radical (unpaired) electrons. The van der Waals surface area contributed by atoms with Crippen molar-refractivity contribution in [2.24, 2.45) is 0 Å². The van der Waals surface area contributed by atoms with E-state index in [1.807, 2.05) is 0 Å². The Hall–Kier alpha value is -3.50. The third-order valence-electron chi connectivity index (χ3n) is 5.53. The molecule has 184 valence electrons. The van der Waals surface area contributed by atoms with E-state index in [0.717, 1.165) is 0 Å². The Bertz CT molecular complexity index is 1480. The normalized spacial score (nSPS) is 22.9. The fraction of sp³-hybridized carbons (Fsp3) is 0.278. The summed E-state index contributed by atoms with van der Waals surface area (Å²) in [6.07, 6.45) is -2.96. The molecule has 16 nitrogen and oxygen atoms in total. The van der Waals surface area contributed by atoms with Crippen LogP contribution in [0.1, 0.15) is 6.23 Å². The number of hydrogen-bond donors (Lipinski definition) is 5. The van der Waals surface area contributed by atoms with Gasteiger partial charge in [-0.15, -0.1) is 0 Å². The highest BCUT2D eigenvalue weighted by molar-refractivity contribution is 7.46. The van der Waals surface area contributed by atoms with Crippen molar-refractivity contribution < 1.29 is 43.9 Å². The van der Waals surface area contributed by atoms with Crippen molar-refractivity contribution in [3.63, 3.8) is 0 Å². The quantitative estimate of drug-likeness (QED) is 0.132. The second-order valence-electron chi connectivity index (χ2n) is 7.68. The number of benzene rings is 1. The number of nitrogens with zero attached hydrogens (tertiary/aromatic N) is 6. The van der Waals surface area contributed by atoms with Gasteiger partial charge in [0.15, 0.2) is 23.0 Å². The lowest BCUT2D eigenvalue weighted by molar-refractivity contribution is -0.384. The minimum Gasteiger partial charge on any atom is -0.493 e. The van der Waals surface area contributed by atoms with Gasteiger partial charge in [-0.25, -0.2) is 19.5 Å². The minimum atomic E-state index is -4.82. The molecule has 0 amide bonds. The number of ether oxygens (including phenoxy) is 1. The van der Waals surface area contributed by atoms with Gasteiger partial charge in [0.05, 0.1) is 17.9 Å². The van der Waals surface area contributed by atoms with Crippen LogP contribution in [0.3, 0.4) is 0 Å². The van der Waals surface area contributed by atoms with Gasteiger partial charge in [0.1, 0.15) is 30.3 Å². The fourth-order valence-corrected chi connectivity index (χ4v) is 4.18. The van der Waals surface area contributed by atoms with Crippen LogP contribution >= 0.6 is 7.82 Å². The monoisotopic (exact) mass is 508 g/mol. The molecule has 0 bridgehead atoms. The summed E-state index contributed by atoms with van der Waals surface area (Å²) in [5, 5.41) is 42.2. The second-order valence-corrected chi connectivity index (χ2v) is 8.92. The number of nitro groups is 1. The van der Waals surface area contributed by atoms with Crippen LogP contribution in [-0.4, -0.2) is 78.9 Å². The van der Waals surface area contributed by atoms with Crippen molar-refractivity contribution in [3.05, 3.63) is 47.0 Å². The van der Waals surface area contributed by atoms with Crippen molar-refractivity contribution >= 4 is 30.3 Å². The zero-order valence-electron chi connectivity index (χ0n) is 17.4. The highest BCUT2D eigenvalue weighted by Gasteiger charge is 2.45. The van der Waals surface area contributed by atoms with Crippen molar-refractivity contribution in [2.75, 3.05) is 6.61 Å². The molecule has 0 unspecified atom stereocenters. The number of aliphatic hydroxyl groups excluding tert-OH is 2. The van der Waals surface area contributed by atoms with Gasteiger partial charge >= 0.3 is 7.82 Å². The fourth-order valence-electron chi connectivity index (χ4n) is 3.84. The molecule has 1 saturated heterocycles. The summed E-state index contributed by atoms with van der Waals surface area (Å²) in [4.78, 5) is 41.0. The molecule has 5 N–H and O–H groups in total. The van der Waals surface area contributed by atoms with Gasteiger partial charge in [0.25, 0.3) is 5.69 Å². The number of aromatic nitrogens is 5. The van der Waals surface area contributed by atoms with E-state index in [1.54, 1.807) is 0 Å². The molecule has 0 aliphatic carbocycles. The third-order valence-corrected chi connectivity index (χ3v) is 6.02. The standard InChI is InChI=1S/C18H17N6O10P/c25-13-10(5-33-35(30,31)32)34-18(14(13)26)23-6-19-12-15(23)20-7-22-16(12)21-11(17(22)27)8-1-3-9(4-2-8)24(28)29/h1-4,6-7,10,13-14,18,25-27H,5H2,(H2,30,31,32)/t10-,13-,14-,18-/m1/s1. The predicted octanol–water partition coefficient (Wildman–Crippen LogP) is 0.0883. The minimum absolute atomic E-state index is 0.124. The van der Waals surface area contributed by atoms with Crippen LogP contribution in [0.2, 0.25) is 0 Å². The molecule has 1 aromatic carbocycles. The van der Waals surface area contributed by atoms with E-state index in [-0.39, 0.29) is 34.1 Å². The number of aliphatic hydroxyl groups is 2. The van der Waals surface area contributed by atoms with Crippen LogP contribution in [0, 0.1) is 10.1 Å². The van der Waals surface area contributed by atoms with Gasteiger partial charge < -0.3 is 29.8 Å². The molecule has 1 aliphatic heterocycles. The first-order valence-corrected chi connectivity index (χ1v) is 11.5. The maximum absolute atomic E-state index is 11.0. The van der Waals surface area contributed by atoms with Crippen LogP contribution < -0.4 is 0 Å².